The summed E-state index contributed by atoms with van der Waals surface area (Å²) in [6.45, 7) is 1.62. The third kappa shape index (κ3) is 5.28. The van der Waals surface area contributed by atoms with Crippen molar-refractivity contribution in [2.45, 2.75) is 51.5 Å². The summed E-state index contributed by atoms with van der Waals surface area (Å²) in [7, 11) is 0. The van der Waals surface area contributed by atoms with Crippen molar-refractivity contribution in [3.05, 3.63) is 58.7 Å². The Morgan fingerprint density at radius 2 is 1.75 bits per heavy atom. The molecule has 7 nitrogen and oxygen atoms in total. The maximum Gasteiger partial charge on any atom is 0.306 e. The number of carbonyl (C=O) groups is 3. The summed E-state index contributed by atoms with van der Waals surface area (Å²) in [4.78, 5) is 36.6. The minimum Gasteiger partial charge on any atom is -0.456 e. The van der Waals surface area contributed by atoms with Gasteiger partial charge in [0.05, 0.1) is 12.5 Å². The normalized spacial score (nSPS) is 14.9. The molecule has 4 rings (SSSR count). The lowest BCUT2D eigenvalue weighted by molar-refractivity contribution is -0.148. The molecule has 1 amide bonds. The molecule has 1 unspecified atom stereocenters. The standard InChI is InChI=1S/C25H27NO6/c1-16(18-8-10-22-23(13-18)32-15-31-22)26-24(28)14-30-25(29)11-9-21(27)20-7-6-17-4-2-3-5-19(17)12-20/h6-8,10,12-13,16H,2-5,9,11,14-15H2,1H3,(H,26,28). The second kappa shape index (κ2) is 9.85. The average Bonchev–Trinajstić information content (AvgIpc) is 3.28. The van der Waals surface area contributed by atoms with Gasteiger partial charge in [-0.2, -0.15) is 0 Å². The number of carbonyl (C=O) groups excluding carboxylic acids is 3. The lowest BCUT2D eigenvalue weighted by Crippen LogP contribution is -2.31. The minimum absolute atomic E-state index is 0.0547. The molecule has 1 atom stereocenters. The maximum absolute atomic E-state index is 12.4. The van der Waals surface area contributed by atoms with Crippen LogP contribution in [-0.4, -0.2) is 31.1 Å². The third-order valence-corrected chi connectivity index (χ3v) is 5.87. The number of ketones is 1. The van der Waals surface area contributed by atoms with Crippen LogP contribution in [0.5, 0.6) is 11.5 Å². The lowest BCUT2D eigenvalue weighted by atomic mass is 9.89. The molecule has 1 aliphatic carbocycles. The highest BCUT2D eigenvalue weighted by atomic mass is 16.7. The van der Waals surface area contributed by atoms with Crippen LogP contribution in [0.2, 0.25) is 0 Å². The van der Waals surface area contributed by atoms with E-state index in [4.69, 9.17) is 14.2 Å². The Morgan fingerprint density at radius 1 is 0.969 bits per heavy atom. The maximum atomic E-state index is 12.4. The molecular formula is C25H27NO6. The van der Waals surface area contributed by atoms with Crippen molar-refractivity contribution in [2.24, 2.45) is 0 Å². The molecule has 0 saturated heterocycles. The summed E-state index contributed by atoms with van der Waals surface area (Å²) in [6, 6.07) is 11.0. The average molecular weight is 437 g/mol. The van der Waals surface area contributed by atoms with Gasteiger partial charge in [-0.3, -0.25) is 14.4 Å². The highest BCUT2D eigenvalue weighted by Gasteiger charge is 2.18. The molecule has 7 heteroatoms. The van der Waals surface area contributed by atoms with E-state index in [-0.39, 0.29) is 38.1 Å². The van der Waals surface area contributed by atoms with Crippen LogP contribution >= 0.6 is 0 Å². The van der Waals surface area contributed by atoms with Crippen LogP contribution in [0.4, 0.5) is 0 Å². The number of nitrogens with one attached hydrogen (secondary N) is 1. The third-order valence-electron chi connectivity index (χ3n) is 5.87. The van der Waals surface area contributed by atoms with E-state index in [1.54, 1.807) is 6.07 Å². The number of benzene rings is 2. The number of rotatable bonds is 8. The predicted octanol–water partition coefficient (Wildman–Crippen LogP) is 3.68. The van der Waals surface area contributed by atoms with E-state index < -0.39 is 11.9 Å². The SMILES string of the molecule is CC(NC(=O)COC(=O)CCC(=O)c1ccc2c(c1)CCCC2)c1ccc2c(c1)OCO2. The number of Topliss-reactive ketones (excluding diaryl/α,β-unsaturated/α-hetero) is 1. The highest BCUT2D eigenvalue weighted by Crippen LogP contribution is 2.34. The summed E-state index contributed by atoms with van der Waals surface area (Å²) < 4.78 is 15.7. The van der Waals surface area contributed by atoms with Crippen LogP contribution in [0.25, 0.3) is 0 Å². The van der Waals surface area contributed by atoms with Gasteiger partial charge in [0.25, 0.3) is 5.91 Å². The zero-order valence-corrected chi connectivity index (χ0v) is 18.1. The molecule has 0 fully saturated rings. The molecule has 0 radical (unpaired) electrons. The Hall–Kier alpha value is -3.35. The zero-order chi connectivity index (χ0) is 22.5. The van der Waals surface area contributed by atoms with Crippen molar-refractivity contribution >= 4 is 17.7 Å². The van der Waals surface area contributed by atoms with Gasteiger partial charge >= 0.3 is 5.97 Å². The summed E-state index contributed by atoms with van der Waals surface area (Å²) in [6.07, 6.45) is 4.40. The topological polar surface area (TPSA) is 90.9 Å². The molecule has 0 saturated carbocycles. The fraction of sp³-hybridized carbons (Fsp3) is 0.400. The van der Waals surface area contributed by atoms with E-state index in [0.717, 1.165) is 24.8 Å². The van der Waals surface area contributed by atoms with Crippen molar-refractivity contribution in [3.63, 3.8) is 0 Å². The van der Waals surface area contributed by atoms with Crippen LogP contribution in [0.3, 0.4) is 0 Å². The Labute approximate surface area is 187 Å². The molecule has 32 heavy (non-hydrogen) atoms. The molecule has 1 N–H and O–H groups in total. The predicted molar refractivity (Wildman–Crippen MR) is 117 cm³/mol. The van der Waals surface area contributed by atoms with Crippen molar-refractivity contribution in [1.82, 2.24) is 5.32 Å². The molecule has 2 aromatic rings. The number of fused-ring (bicyclic) bond motifs is 2. The monoisotopic (exact) mass is 437 g/mol. The summed E-state index contributed by atoms with van der Waals surface area (Å²) >= 11 is 0. The first-order chi connectivity index (χ1) is 15.5. The van der Waals surface area contributed by atoms with E-state index in [1.165, 1.54) is 17.5 Å². The largest absolute Gasteiger partial charge is 0.456 e. The van der Waals surface area contributed by atoms with E-state index in [1.807, 2.05) is 37.3 Å². The van der Waals surface area contributed by atoms with Gasteiger partial charge in [-0.1, -0.05) is 18.2 Å². The van der Waals surface area contributed by atoms with Crippen molar-refractivity contribution in [1.29, 1.82) is 0 Å². The van der Waals surface area contributed by atoms with Gasteiger partial charge < -0.3 is 19.5 Å². The Morgan fingerprint density at radius 3 is 2.59 bits per heavy atom. The molecule has 2 aromatic carbocycles. The molecule has 0 aromatic heterocycles. The number of ether oxygens (including phenoxy) is 3. The molecule has 0 bridgehead atoms. The Balaban J connectivity index is 1.20. The molecule has 1 aliphatic heterocycles. The van der Waals surface area contributed by atoms with Crippen LogP contribution in [-0.2, 0) is 27.2 Å². The first kappa shape index (κ1) is 21.9. The molecule has 0 spiro atoms. The summed E-state index contributed by atoms with van der Waals surface area (Å²) in [5.74, 6) is 0.243. The number of aryl methyl sites for hydroxylation is 2. The van der Waals surface area contributed by atoms with E-state index in [0.29, 0.717) is 17.1 Å². The summed E-state index contributed by atoms with van der Waals surface area (Å²) in [5, 5.41) is 2.78. The van der Waals surface area contributed by atoms with Crippen LogP contribution in [0.1, 0.15) is 65.7 Å². The van der Waals surface area contributed by atoms with Gasteiger partial charge in [0.2, 0.25) is 6.79 Å². The Kier molecular flexibility index (Phi) is 6.73. The molecular weight excluding hydrogens is 410 g/mol. The fourth-order valence-corrected chi connectivity index (χ4v) is 4.03. The van der Waals surface area contributed by atoms with Gasteiger partial charge in [0.1, 0.15) is 0 Å². The van der Waals surface area contributed by atoms with Crippen molar-refractivity contribution in [3.8, 4) is 11.5 Å². The number of amides is 1. The van der Waals surface area contributed by atoms with E-state index in [9.17, 15) is 14.4 Å². The smallest absolute Gasteiger partial charge is 0.306 e. The van der Waals surface area contributed by atoms with E-state index >= 15 is 0 Å². The van der Waals surface area contributed by atoms with Gasteiger partial charge in [-0.05, 0) is 67.5 Å². The molecule has 168 valence electrons. The highest BCUT2D eigenvalue weighted by molar-refractivity contribution is 5.97. The quantitative estimate of drug-likeness (QED) is 0.501. The second-order valence-electron chi connectivity index (χ2n) is 8.18. The summed E-state index contributed by atoms with van der Waals surface area (Å²) in [5.41, 5.74) is 4.03. The van der Waals surface area contributed by atoms with Crippen LogP contribution < -0.4 is 14.8 Å². The second-order valence-corrected chi connectivity index (χ2v) is 8.18. The fourth-order valence-electron chi connectivity index (χ4n) is 4.03. The number of esters is 1. The van der Waals surface area contributed by atoms with Crippen LogP contribution in [0.15, 0.2) is 36.4 Å². The van der Waals surface area contributed by atoms with Crippen LogP contribution in [0, 0.1) is 0 Å². The molecule has 2 aliphatic rings. The van der Waals surface area contributed by atoms with Gasteiger partial charge in [-0.25, -0.2) is 0 Å². The first-order valence-corrected chi connectivity index (χ1v) is 11.0. The van der Waals surface area contributed by atoms with Crippen molar-refractivity contribution < 1.29 is 28.6 Å². The molecule has 1 heterocycles. The first-order valence-electron chi connectivity index (χ1n) is 11.0. The van der Waals surface area contributed by atoms with Gasteiger partial charge in [0.15, 0.2) is 23.9 Å². The van der Waals surface area contributed by atoms with Gasteiger partial charge in [-0.15, -0.1) is 0 Å². The van der Waals surface area contributed by atoms with E-state index in [2.05, 4.69) is 5.32 Å². The number of hydrogen-bond acceptors (Lipinski definition) is 6. The van der Waals surface area contributed by atoms with Crippen molar-refractivity contribution in [2.75, 3.05) is 13.4 Å². The Bertz CT molecular complexity index is 1030. The zero-order valence-electron chi connectivity index (χ0n) is 18.1. The minimum atomic E-state index is -0.567. The lowest BCUT2D eigenvalue weighted by Gasteiger charge is -2.16. The van der Waals surface area contributed by atoms with Gasteiger partial charge in [0, 0.05) is 12.0 Å². The number of hydrogen-bond donors (Lipinski definition) is 1.